The molecule has 1 aromatic heterocycles. The molecule has 0 spiro atoms. The molecule has 0 bridgehead atoms. The highest BCUT2D eigenvalue weighted by atomic mass is 16.3. The predicted octanol–water partition coefficient (Wildman–Crippen LogP) is 2.74. The highest BCUT2D eigenvalue weighted by molar-refractivity contribution is 5.55. The van der Waals surface area contributed by atoms with E-state index in [0.717, 1.165) is 49.6 Å². The number of aryl methyl sites for hydroxylation is 1. The van der Waals surface area contributed by atoms with E-state index in [1.807, 2.05) is 30.6 Å². The van der Waals surface area contributed by atoms with E-state index < -0.39 is 0 Å². The molecule has 0 fully saturated rings. The molecule has 3 rings (SSSR count). The molecule has 1 aromatic carbocycles. The van der Waals surface area contributed by atoms with Crippen LogP contribution in [0.3, 0.4) is 0 Å². The lowest BCUT2D eigenvalue weighted by molar-refractivity contribution is 0.168. The van der Waals surface area contributed by atoms with Crippen LogP contribution in [0.15, 0.2) is 36.7 Å². The molecule has 0 saturated heterocycles. The third-order valence-corrected chi connectivity index (χ3v) is 4.02. The molecule has 0 amide bonds. The zero-order chi connectivity index (χ0) is 13.9. The van der Waals surface area contributed by atoms with Gasteiger partial charge in [-0.15, -0.1) is 0 Å². The maximum absolute atomic E-state index is 10.2. The van der Waals surface area contributed by atoms with Crippen molar-refractivity contribution in [2.75, 3.05) is 11.4 Å². The Morgan fingerprint density at radius 2 is 2.20 bits per heavy atom. The van der Waals surface area contributed by atoms with Crippen molar-refractivity contribution in [3.8, 4) is 0 Å². The zero-order valence-corrected chi connectivity index (χ0v) is 11.9. The summed E-state index contributed by atoms with van der Waals surface area (Å²) in [4.78, 5) is 6.80. The number of hydrogen-bond donors (Lipinski definition) is 1. The van der Waals surface area contributed by atoms with Crippen LogP contribution in [0.4, 0.5) is 5.69 Å². The first-order chi connectivity index (χ1) is 9.79. The van der Waals surface area contributed by atoms with Gasteiger partial charge in [0.1, 0.15) is 5.82 Å². The summed E-state index contributed by atoms with van der Waals surface area (Å²) >= 11 is 0. The van der Waals surface area contributed by atoms with Crippen LogP contribution in [-0.2, 0) is 13.1 Å². The molecule has 106 valence electrons. The first-order valence-electron chi connectivity index (χ1n) is 7.31. The van der Waals surface area contributed by atoms with E-state index in [1.54, 1.807) is 0 Å². The van der Waals surface area contributed by atoms with Gasteiger partial charge in [-0.25, -0.2) is 4.98 Å². The first kappa shape index (κ1) is 13.2. The van der Waals surface area contributed by atoms with Crippen molar-refractivity contribution in [1.82, 2.24) is 9.55 Å². The fourth-order valence-electron chi connectivity index (χ4n) is 2.92. The average Bonchev–Trinajstić information content (AvgIpc) is 2.86. The largest absolute Gasteiger partial charge is 0.388 e. The van der Waals surface area contributed by atoms with E-state index in [0.29, 0.717) is 0 Å². The number of benzene rings is 1. The number of rotatable bonds is 3. The molecule has 1 N–H and O–H groups in total. The van der Waals surface area contributed by atoms with Crippen LogP contribution in [0.2, 0.25) is 0 Å². The Kier molecular flexibility index (Phi) is 3.74. The quantitative estimate of drug-likeness (QED) is 0.933. The molecule has 0 aliphatic carbocycles. The molecular formula is C16H21N3O. The van der Waals surface area contributed by atoms with Crippen molar-refractivity contribution in [3.05, 3.63) is 48.0 Å². The molecule has 4 heteroatoms. The second kappa shape index (κ2) is 5.67. The lowest BCUT2D eigenvalue weighted by atomic mass is 10.0. The summed E-state index contributed by atoms with van der Waals surface area (Å²) < 4.78 is 2.17. The van der Waals surface area contributed by atoms with Crippen LogP contribution < -0.4 is 4.90 Å². The van der Waals surface area contributed by atoms with Crippen LogP contribution in [-0.4, -0.2) is 21.2 Å². The van der Waals surface area contributed by atoms with Gasteiger partial charge in [-0.05, 0) is 25.8 Å². The van der Waals surface area contributed by atoms with Gasteiger partial charge in [0.05, 0.1) is 12.6 Å². The average molecular weight is 271 g/mol. The van der Waals surface area contributed by atoms with Gasteiger partial charge in [0.15, 0.2) is 0 Å². The fourth-order valence-corrected chi connectivity index (χ4v) is 2.92. The Labute approximate surface area is 119 Å². The van der Waals surface area contributed by atoms with Gasteiger partial charge in [-0.2, -0.15) is 0 Å². The number of hydrogen-bond acceptors (Lipinski definition) is 3. The highest BCUT2D eigenvalue weighted by Gasteiger charge is 2.21. The van der Waals surface area contributed by atoms with Crippen molar-refractivity contribution in [2.24, 2.45) is 0 Å². The molecular weight excluding hydrogens is 250 g/mol. The third kappa shape index (κ3) is 2.43. The number of aliphatic hydroxyl groups excluding tert-OH is 1. The van der Waals surface area contributed by atoms with Gasteiger partial charge >= 0.3 is 0 Å². The Morgan fingerprint density at radius 3 is 3.05 bits per heavy atom. The van der Waals surface area contributed by atoms with Crippen molar-refractivity contribution < 1.29 is 5.11 Å². The van der Waals surface area contributed by atoms with Crippen LogP contribution in [0, 0.1) is 0 Å². The number of aliphatic hydroxyl groups is 1. The molecule has 1 unspecified atom stereocenters. The maximum atomic E-state index is 10.2. The molecule has 2 aromatic rings. The standard InChI is InChI=1S/C16H21N3O/c1-2-18-11-9-17-16(18)12-19-10-5-8-15(20)13-6-3-4-7-14(13)19/h3-4,6-7,9,11,15,20H,2,5,8,10,12H2,1H3. The second-order valence-electron chi connectivity index (χ2n) is 5.27. The van der Waals surface area contributed by atoms with Crippen LogP contribution >= 0.6 is 0 Å². The van der Waals surface area contributed by atoms with Crippen LogP contribution in [0.25, 0.3) is 0 Å². The lowest BCUT2D eigenvalue weighted by Crippen LogP contribution is -2.25. The summed E-state index contributed by atoms with van der Waals surface area (Å²) in [7, 11) is 0. The molecule has 0 saturated carbocycles. The van der Waals surface area contributed by atoms with Crippen molar-refractivity contribution in [1.29, 1.82) is 0 Å². The Morgan fingerprint density at radius 1 is 1.35 bits per heavy atom. The van der Waals surface area contributed by atoms with E-state index >= 15 is 0 Å². The van der Waals surface area contributed by atoms with E-state index in [1.165, 1.54) is 0 Å². The Balaban J connectivity index is 1.91. The summed E-state index contributed by atoms with van der Waals surface area (Å²) in [5, 5.41) is 10.2. The number of aromatic nitrogens is 2. The minimum atomic E-state index is -0.345. The van der Waals surface area contributed by atoms with Crippen LogP contribution in [0.1, 0.15) is 37.3 Å². The molecule has 0 radical (unpaired) electrons. The van der Waals surface area contributed by atoms with Gasteiger partial charge < -0.3 is 14.6 Å². The number of anilines is 1. The summed E-state index contributed by atoms with van der Waals surface area (Å²) in [6.45, 7) is 4.83. The van der Waals surface area contributed by atoms with Gasteiger partial charge in [-0.1, -0.05) is 18.2 Å². The maximum Gasteiger partial charge on any atom is 0.128 e. The molecule has 4 nitrogen and oxygen atoms in total. The number of fused-ring (bicyclic) bond motifs is 1. The van der Waals surface area contributed by atoms with Crippen LogP contribution in [0.5, 0.6) is 0 Å². The fraction of sp³-hybridized carbons (Fsp3) is 0.438. The van der Waals surface area contributed by atoms with E-state index in [2.05, 4.69) is 27.4 Å². The first-order valence-corrected chi connectivity index (χ1v) is 7.31. The van der Waals surface area contributed by atoms with Gasteiger partial charge in [0.25, 0.3) is 0 Å². The minimum absolute atomic E-state index is 0.345. The monoisotopic (exact) mass is 271 g/mol. The molecule has 1 aliphatic rings. The van der Waals surface area contributed by atoms with Crippen molar-refractivity contribution in [3.63, 3.8) is 0 Å². The van der Waals surface area contributed by atoms with E-state index in [9.17, 15) is 5.11 Å². The second-order valence-corrected chi connectivity index (χ2v) is 5.27. The van der Waals surface area contributed by atoms with Gasteiger partial charge in [-0.3, -0.25) is 0 Å². The van der Waals surface area contributed by atoms with E-state index in [4.69, 9.17) is 0 Å². The third-order valence-electron chi connectivity index (χ3n) is 4.02. The molecule has 20 heavy (non-hydrogen) atoms. The smallest absolute Gasteiger partial charge is 0.128 e. The summed E-state index contributed by atoms with van der Waals surface area (Å²) in [6, 6.07) is 8.17. The molecule has 2 heterocycles. The van der Waals surface area contributed by atoms with Crippen molar-refractivity contribution in [2.45, 2.75) is 39.0 Å². The zero-order valence-electron chi connectivity index (χ0n) is 11.9. The Bertz CT molecular complexity index is 579. The number of imidazole rings is 1. The highest BCUT2D eigenvalue weighted by Crippen LogP contribution is 2.33. The Hall–Kier alpha value is -1.81. The topological polar surface area (TPSA) is 41.3 Å². The minimum Gasteiger partial charge on any atom is -0.388 e. The molecule has 1 atom stereocenters. The SMILES string of the molecule is CCn1ccnc1CN1CCCC(O)c2ccccc21. The summed E-state index contributed by atoms with van der Waals surface area (Å²) in [5.41, 5.74) is 2.18. The van der Waals surface area contributed by atoms with Gasteiger partial charge in [0.2, 0.25) is 0 Å². The number of para-hydroxylation sites is 1. The number of nitrogens with zero attached hydrogens (tertiary/aromatic N) is 3. The molecule has 1 aliphatic heterocycles. The summed E-state index contributed by atoms with van der Waals surface area (Å²) in [5.74, 6) is 1.08. The normalized spacial score (nSPS) is 18.7. The van der Waals surface area contributed by atoms with Crippen molar-refractivity contribution >= 4 is 5.69 Å². The predicted molar refractivity (Wildman–Crippen MR) is 79.6 cm³/mol. The van der Waals surface area contributed by atoms with Gasteiger partial charge in [0, 0.05) is 36.7 Å². The van der Waals surface area contributed by atoms with E-state index in [-0.39, 0.29) is 6.10 Å². The lowest BCUT2D eigenvalue weighted by Gasteiger charge is -2.25. The summed E-state index contributed by atoms with van der Waals surface area (Å²) in [6.07, 6.45) is 5.37.